The van der Waals surface area contributed by atoms with E-state index in [2.05, 4.69) is 5.32 Å². The first-order chi connectivity index (χ1) is 13.2. The molecule has 2 N–H and O–H groups in total. The molecule has 0 aromatic heterocycles. The summed E-state index contributed by atoms with van der Waals surface area (Å²) in [5.74, 6) is 1.45. The van der Waals surface area contributed by atoms with Gasteiger partial charge in [-0.05, 0) is 50.9 Å². The Hall–Kier alpha value is -1.46. The van der Waals surface area contributed by atoms with E-state index in [9.17, 15) is 0 Å². The van der Waals surface area contributed by atoms with Crippen molar-refractivity contribution in [3.63, 3.8) is 0 Å². The minimum absolute atomic E-state index is 0.252. The molecule has 0 heterocycles. The van der Waals surface area contributed by atoms with Crippen LogP contribution in [0.25, 0.3) is 0 Å². The number of aliphatic hydroxyl groups is 1. The highest BCUT2D eigenvalue weighted by atomic mass is 35.5. The van der Waals surface area contributed by atoms with E-state index >= 15 is 0 Å². The number of ether oxygens (including phenoxy) is 2. The zero-order valence-electron chi connectivity index (χ0n) is 15.6. The first-order valence-corrected chi connectivity index (χ1v) is 10.0. The minimum atomic E-state index is 0.252. The summed E-state index contributed by atoms with van der Waals surface area (Å²) in [6, 6.07) is 11.3. The smallest absolute Gasteiger partial charge is 0.166 e. The molecule has 4 nitrogen and oxygen atoms in total. The van der Waals surface area contributed by atoms with E-state index in [-0.39, 0.29) is 6.61 Å². The summed E-state index contributed by atoms with van der Waals surface area (Å²) in [7, 11) is 0. The van der Waals surface area contributed by atoms with Crippen LogP contribution < -0.4 is 14.8 Å². The highest BCUT2D eigenvalue weighted by molar-refractivity contribution is 6.35. The summed E-state index contributed by atoms with van der Waals surface area (Å²) >= 11 is 12.2. The Kier molecular flexibility index (Phi) is 9.78. The second-order valence-electron chi connectivity index (χ2n) is 6.16. The number of halogens is 2. The van der Waals surface area contributed by atoms with Crippen molar-refractivity contribution >= 4 is 23.2 Å². The Morgan fingerprint density at radius 3 is 2.59 bits per heavy atom. The molecule has 0 saturated heterocycles. The molecule has 2 aromatic carbocycles. The lowest BCUT2D eigenvalue weighted by molar-refractivity contribution is 0.266. The van der Waals surface area contributed by atoms with E-state index in [4.69, 9.17) is 37.8 Å². The summed E-state index contributed by atoms with van der Waals surface area (Å²) < 4.78 is 11.8. The molecule has 27 heavy (non-hydrogen) atoms. The lowest BCUT2D eigenvalue weighted by atomic mass is 10.1. The van der Waals surface area contributed by atoms with Gasteiger partial charge < -0.3 is 19.9 Å². The van der Waals surface area contributed by atoms with Crippen LogP contribution in [-0.4, -0.2) is 24.9 Å². The first kappa shape index (κ1) is 21.8. The van der Waals surface area contributed by atoms with E-state index < -0.39 is 0 Å². The number of nitrogens with one attached hydrogen (secondary N) is 1. The molecule has 0 unspecified atom stereocenters. The van der Waals surface area contributed by atoms with Gasteiger partial charge in [0.05, 0.1) is 6.61 Å². The van der Waals surface area contributed by atoms with E-state index in [1.54, 1.807) is 12.1 Å². The van der Waals surface area contributed by atoms with Crippen molar-refractivity contribution in [1.82, 2.24) is 5.32 Å². The summed E-state index contributed by atoms with van der Waals surface area (Å²) in [4.78, 5) is 0. The van der Waals surface area contributed by atoms with Crippen molar-refractivity contribution in [3.8, 4) is 11.5 Å². The van der Waals surface area contributed by atoms with Gasteiger partial charge in [-0.3, -0.25) is 0 Å². The zero-order valence-corrected chi connectivity index (χ0v) is 17.2. The molecule has 0 amide bonds. The number of benzene rings is 2. The van der Waals surface area contributed by atoms with Crippen LogP contribution in [0.4, 0.5) is 0 Å². The maximum Gasteiger partial charge on any atom is 0.166 e. The quantitative estimate of drug-likeness (QED) is 0.469. The number of para-hydroxylation sites is 1. The van der Waals surface area contributed by atoms with Gasteiger partial charge in [-0.25, -0.2) is 0 Å². The fourth-order valence-electron chi connectivity index (χ4n) is 2.68. The molecular formula is C21H27Cl2NO3. The van der Waals surface area contributed by atoms with Crippen molar-refractivity contribution < 1.29 is 14.6 Å². The molecule has 0 saturated carbocycles. The second-order valence-corrected chi connectivity index (χ2v) is 7.01. The van der Waals surface area contributed by atoms with Crippen molar-refractivity contribution in [2.45, 2.75) is 39.3 Å². The largest absolute Gasteiger partial charge is 0.490 e. The van der Waals surface area contributed by atoms with Gasteiger partial charge in [-0.15, -0.1) is 0 Å². The van der Waals surface area contributed by atoms with Crippen molar-refractivity contribution in [2.75, 3.05) is 19.8 Å². The second kappa shape index (κ2) is 12.1. The van der Waals surface area contributed by atoms with Gasteiger partial charge in [0.1, 0.15) is 6.61 Å². The van der Waals surface area contributed by atoms with Gasteiger partial charge in [0.2, 0.25) is 0 Å². The monoisotopic (exact) mass is 411 g/mol. The van der Waals surface area contributed by atoms with E-state index in [1.807, 2.05) is 31.2 Å². The number of rotatable bonds is 12. The van der Waals surface area contributed by atoms with Crippen LogP contribution >= 0.6 is 23.2 Å². The summed E-state index contributed by atoms with van der Waals surface area (Å²) in [6.07, 6.45) is 2.89. The van der Waals surface area contributed by atoms with Crippen LogP contribution in [0.2, 0.25) is 10.0 Å². The lowest BCUT2D eigenvalue weighted by Crippen LogP contribution is -2.16. The normalized spacial score (nSPS) is 10.8. The third-order valence-electron chi connectivity index (χ3n) is 4.07. The maximum atomic E-state index is 8.84. The number of unbranched alkanes of at least 4 members (excludes halogenated alkanes) is 2. The molecule has 0 bridgehead atoms. The Balaban J connectivity index is 2.04. The first-order valence-electron chi connectivity index (χ1n) is 9.28. The topological polar surface area (TPSA) is 50.7 Å². The number of aliphatic hydroxyl groups excluding tert-OH is 1. The van der Waals surface area contributed by atoms with Crippen molar-refractivity contribution in [3.05, 3.63) is 57.6 Å². The predicted molar refractivity (Wildman–Crippen MR) is 111 cm³/mol. The summed E-state index contributed by atoms with van der Waals surface area (Å²) in [6.45, 7) is 4.68. The van der Waals surface area contributed by atoms with Crippen LogP contribution in [0, 0.1) is 0 Å². The van der Waals surface area contributed by atoms with Crippen molar-refractivity contribution in [2.24, 2.45) is 0 Å². The summed E-state index contributed by atoms with van der Waals surface area (Å²) in [5, 5.41) is 13.4. The van der Waals surface area contributed by atoms with Gasteiger partial charge >= 0.3 is 0 Å². The van der Waals surface area contributed by atoms with E-state index in [1.165, 1.54) is 0 Å². The highest BCUT2D eigenvalue weighted by Crippen LogP contribution is 2.33. The third kappa shape index (κ3) is 7.23. The Morgan fingerprint density at radius 1 is 1.00 bits per heavy atom. The molecule has 0 aliphatic rings. The van der Waals surface area contributed by atoms with Crippen LogP contribution in [0.5, 0.6) is 11.5 Å². The van der Waals surface area contributed by atoms with Gasteiger partial charge in [0, 0.05) is 34.3 Å². The maximum absolute atomic E-state index is 8.84. The standard InChI is InChI=1S/C21H27Cl2NO3/c1-2-26-20-8-6-7-16(14-24-11-4-3-5-12-25)21(20)27-15-17-9-10-18(22)13-19(17)23/h6-10,13,24-25H,2-5,11-12,14-15H2,1H3. The predicted octanol–water partition coefficient (Wildman–Crippen LogP) is 5.22. The SMILES string of the molecule is CCOc1cccc(CNCCCCCO)c1OCc1ccc(Cl)cc1Cl. The Labute approximate surface area is 171 Å². The van der Waals surface area contributed by atoms with Crippen molar-refractivity contribution in [1.29, 1.82) is 0 Å². The van der Waals surface area contributed by atoms with Gasteiger partial charge in [-0.2, -0.15) is 0 Å². The molecule has 148 valence electrons. The average Bonchev–Trinajstić information content (AvgIpc) is 2.65. The molecule has 6 heteroatoms. The Bertz CT molecular complexity index is 710. The van der Waals surface area contributed by atoms with Gasteiger partial charge in [-0.1, -0.05) is 41.4 Å². The van der Waals surface area contributed by atoms with Crippen LogP contribution in [0.1, 0.15) is 37.3 Å². The average molecular weight is 412 g/mol. The Morgan fingerprint density at radius 2 is 1.85 bits per heavy atom. The number of hydrogen-bond donors (Lipinski definition) is 2. The molecule has 0 aliphatic carbocycles. The van der Waals surface area contributed by atoms with Gasteiger partial charge in [0.25, 0.3) is 0 Å². The molecule has 0 atom stereocenters. The molecule has 0 radical (unpaired) electrons. The van der Waals surface area contributed by atoms with Gasteiger partial charge in [0.15, 0.2) is 11.5 Å². The minimum Gasteiger partial charge on any atom is -0.490 e. The molecular weight excluding hydrogens is 385 g/mol. The highest BCUT2D eigenvalue weighted by Gasteiger charge is 2.12. The van der Waals surface area contributed by atoms with Crippen LogP contribution in [0.3, 0.4) is 0 Å². The van der Waals surface area contributed by atoms with Crippen LogP contribution in [0.15, 0.2) is 36.4 Å². The molecule has 0 aliphatic heterocycles. The summed E-state index contributed by atoms with van der Waals surface area (Å²) in [5.41, 5.74) is 1.91. The molecule has 0 spiro atoms. The van der Waals surface area contributed by atoms with E-state index in [0.29, 0.717) is 29.8 Å². The molecule has 2 rings (SSSR count). The fourth-order valence-corrected chi connectivity index (χ4v) is 3.15. The third-order valence-corrected chi connectivity index (χ3v) is 4.66. The van der Waals surface area contributed by atoms with E-state index in [0.717, 1.165) is 48.4 Å². The number of hydrogen-bond acceptors (Lipinski definition) is 4. The zero-order chi connectivity index (χ0) is 19.5. The molecule has 0 fully saturated rings. The van der Waals surface area contributed by atoms with Crippen LogP contribution in [-0.2, 0) is 13.2 Å². The lowest BCUT2D eigenvalue weighted by Gasteiger charge is -2.17. The fraction of sp³-hybridized carbons (Fsp3) is 0.429. The molecule has 2 aromatic rings.